The highest BCUT2D eigenvalue weighted by atomic mass is 16.5. The van der Waals surface area contributed by atoms with Crippen LogP contribution in [-0.2, 0) is 11.8 Å². The molecular weight excluding hydrogens is 418 g/mol. The quantitative estimate of drug-likeness (QED) is 0.382. The van der Waals surface area contributed by atoms with Crippen molar-refractivity contribution >= 4 is 33.7 Å². The Labute approximate surface area is 190 Å². The third-order valence-corrected chi connectivity index (χ3v) is 5.71. The SMILES string of the molecule is COC(=O)c1ccccc1N[C@H](C)c1cc(C)cc2c1oc1c(-c3cnn(C)c3)cnnc12. The molecule has 0 aliphatic carbocycles. The van der Waals surface area contributed by atoms with Crippen molar-refractivity contribution in [2.24, 2.45) is 7.05 Å². The Morgan fingerprint density at radius 2 is 2.00 bits per heavy atom. The molecule has 0 spiro atoms. The highest BCUT2D eigenvalue weighted by Crippen LogP contribution is 2.38. The first kappa shape index (κ1) is 20.7. The molecule has 0 fully saturated rings. The van der Waals surface area contributed by atoms with Crippen LogP contribution < -0.4 is 5.32 Å². The summed E-state index contributed by atoms with van der Waals surface area (Å²) in [6.45, 7) is 4.07. The van der Waals surface area contributed by atoms with E-state index < -0.39 is 0 Å². The van der Waals surface area contributed by atoms with Gasteiger partial charge in [-0.3, -0.25) is 4.68 Å². The number of fused-ring (bicyclic) bond motifs is 3. The minimum atomic E-state index is -0.389. The van der Waals surface area contributed by atoms with Crippen LogP contribution >= 0.6 is 0 Å². The molecule has 5 rings (SSSR count). The number of nitrogens with one attached hydrogen (secondary N) is 1. The van der Waals surface area contributed by atoms with Gasteiger partial charge in [0.1, 0.15) is 11.1 Å². The normalized spacial score (nSPS) is 12.2. The first-order valence-electron chi connectivity index (χ1n) is 10.6. The number of furan rings is 1. The van der Waals surface area contributed by atoms with Gasteiger partial charge in [0.25, 0.3) is 0 Å². The Morgan fingerprint density at radius 1 is 1.18 bits per heavy atom. The van der Waals surface area contributed by atoms with Crippen molar-refractivity contribution in [3.05, 3.63) is 71.7 Å². The lowest BCUT2D eigenvalue weighted by atomic mass is 10.0. The summed E-state index contributed by atoms with van der Waals surface area (Å²) in [4.78, 5) is 12.2. The van der Waals surface area contributed by atoms with Crippen molar-refractivity contribution in [3.8, 4) is 11.1 Å². The van der Waals surface area contributed by atoms with E-state index in [4.69, 9.17) is 9.15 Å². The second-order valence-corrected chi connectivity index (χ2v) is 8.07. The van der Waals surface area contributed by atoms with Gasteiger partial charge in [-0.05, 0) is 37.6 Å². The van der Waals surface area contributed by atoms with Gasteiger partial charge < -0.3 is 14.5 Å². The lowest BCUT2D eigenvalue weighted by Gasteiger charge is -2.18. The first-order chi connectivity index (χ1) is 16.0. The molecule has 0 radical (unpaired) electrons. The number of carbonyl (C=O) groups is 1. The van der Waals surface area contributed by atoms with E-state index in [2.05, 4.69) is 32.7 Å². The summed E-state index contributed by atoms with van der Waals surface area (Å²) in [6, 6.07) is 11.3. The predicted molar refractivity (Wildman–Crippen MR) is 126 cm³/mol. The number of ether oxygens (including phenoxy) is 1. The van der Waals surface area contributed by atoms with E-state index in [0.717, 1.165) is 33.2 Å². The summed E-state index contributed by atoms with van der Waals surface area (Å²) in [7, 11) is 3.25. The lowest BCUT2D eigenvalue weighted by molar-refractivity contribution is 0.0602. The van der Waals surface area contributed by atoms with E-state index in [0.29, 0.717) is 22.4 Å². The maximum Gasteiger partial charge on any atom is 0.339 e. The van der Waals surface area contributed by atoms with Crippen molar-refractivity contribution < 1.29 is 13.9 Å². The van der Waals surface area contributed by atoms with Crippen molar-refractivity contribution in [2.75, 3.05) is 12.4 Å². The van der Waals surface area contributed by atoms with Crippen LogP contribution in [0.5, 0.6) is 0 Å². The number of para-hydroxylation sites is 1. The highest BCUT2D eigenvalue weighted by molar-refractivity contribution is 6.08. The van der Waals surface area contributed by atoms with E-state index in [1.807, 2.05) is 45.3 Å². The molecule has 8 heteroatoms. The highest BCUT2D eigenvalue weighted by Gasteiger charge is 2.21. The van der Waals surface area contributed by atoms with Gasteiger partial charge in [0.05, 0.1) is 36.7 Å². The van der Waals surface area contributed by atoms with Crippen molar-refractivity contribution in [1.82, 2.24) is 20.0 Å². The fraction of sp³-hybridized carbons (Fsp3) is 0.200. The number of nitrogens with zero attached hydrogens (tertiary/aromatic N) is 4. The summed E-state index contributed by atoms with van der Waals surface area (Å²) in [5.74, 6) is -0.389. The van der Waals surface area contributed by atoms with Crippen LogP contribution in [0.3, 0.4) is 0 Å². The van der Waals surface area contributed by atoms with Gasteiger partial charge in [-0.25, -0.2) is 4.79 Å². The molecule has 0 saturated carbocycles. The minimum absolute atomic E-state index is 0.159. The molecule has 1 N–H and O–H groups in total. The van der Waals surface area contributed by atoms with Gasteiger partial charge in [-0.2, -0.15) is 10.2 Å². The topological polar surface area (TPSA) is 95.1 Å². The molecule has 0 saturated heterocycles. The van der Waals surface area contributed by atoms with Gasteiger partial charge in [-0.1, -0.05) is 18.2 Å². The molecule has 166 valence electrons. The summed E-state index contributed by atoms with van der Waals surface area (Å²) in [5.41, 5.74) is 7.06. The van der Waals surface area contributed by atoms with Crippen LogP contribution in [0.25, 0.3) is 33.2 Å². The largest absolute Gasteiger partial charge is 0.465 e. The molecule has 5 aromatic rings. The van der Waals surface area contributed by atoms with Gasteiger partial charge in [-0.15, -0.1) is 5.10 Å². The fourth-order valence-corrected chi connectivity index (χ4v) is 4.14. The number of anilines is 1. The summed E-state index contributed by atoms with van der Waals surface area (Å²) in [5, 5.41) is 17.2. The molecule has 0 bridgehead atoms. The average Bonchev–Trinajstić information content (AvgIpc) is 3.41. The summed E-state index contributed by atoms with van der Waals surface area (Å²) in [6.07, 6.45) is 5.40. The molecule has 3 heterocycles. The van der Waals surface area contributed by atoms with Crippen LogP contribution in [0.2, 0.25) is 0 Å². The third-order valence-electron chi connectivity index (χ3n) is 5.71. The number of methoxy groups -OCH3 is 1. The Kier molecular flexibility index (Phi) is 5.05. The molecule has 8 nitrogen and oxygen atoms in total. The number of aromatic nitrogens is 4. The standard InChI is InChI=1S/C25H23N5O3/c1-14-9-18(15(2)28-21-8-6-5-7-17(21)25(31)32-4)23-19(10-14)22-24(33-23)20(12-26-29-22)16-11-27-30(3)13-16/h5-13,15,28H,1-4H3/t15-/m1/s1. The van der Waals surface area contributed by atoms with Crippen molar-refractivity contribution in [2.45, 2.75) is 19.9 Å². The van der Waals surface area contributed by atoms with Crippen LogP contribution in [0.4, 0.5) is 5.69 Å². The van der Waals surface area contributed by atoms with E-state index in [1.54, 1.807) is 23.1 Å². The first-order valence-corrected chi connectivity index (χ1v) is 10.6. The van der Waals surface area contributed by atoms with Gasteiger partial charge >= 0.3 is 5.97 Å². The van der Waals surface area contributed by atoms with Gasteiger partial charge in [0.2, 0.25) is 0 Å². The smallest absolute Gasteiger partial charge is 0.339 e. The lowest BCUT2D eigenvalue weighted by Crippen LogP contribution is -2.12. The zero-order chi connectivity index (χ0) is 23.1. The number of esters is 1. The Bertz CT molecular complexity index is 1500. The monoisotopic (exact) mass is 441 g/mol. The Morgan fingerprint density at radius 3 is 2.76 bits per heavy atom. The number of benzene rings is 2. The van der Waals surface area contributed by atoms with E-state index in [9.17, 15) is 4.79 Å². The molecule has 2 aromatic carbocycles. The number of rotatable bonds is 5. The molecule has 1 atom stereocenters. The van der Waals surface area contributed by atoms with E-state index in [1.165, 1.54) is 7.11 Å². The van der Waals surface area contributed by atoms with Crippen LogP contribution in [-0.4, -0.2) is 33.1 Å². The van der Waals surface area contributed by atoms with Crippen LogP contribution in [0.15, 0.2) is 59.4 Å². The zero-order valence-electron chi connectivity index (χ0n) is 18.8. The van der Waals surface area contributed by atoms with Crippen LogP contribution in [0.1, 0.15) is 34.5 Å². The summed E-state index contributed by atoms with van der Waals surface area (Å²) >= 11 is 0. The number of aryl methyl sites for hydroxylation is 2. The minimum Gasteiger partial charge on any atom is -0.465 e. The van der Waals surface area contributed by atoms with E-state index in [-0.39, 0.29) is 12.0 Å². The molecule has 0 amide bonds. The van der Waals surface area contributed by atoms with E-state index >= 15 is 0 Å². The molecule has 0 unspecified atom stereocenters. The maximum atomic E-state index is 12.2. The number of carbonyl (C=O) groups excluding carboxylic acids is 1. The second kappa shape index (κ2) is 8.05. The average molecular weight is 441 g/mol. The zero-order valence-corrected chi connectivity index (χ0v) is 18.8. The van der Waals surface area contributed by atoms with Crippen LogP contribution in [0, 0.1) is 6.92 Å². The predicted octanol–water partition coefficient (Wildman–Crippen LogP) is 5.04. The number of hydrogen-bond acceptors (Lipinski definition) is 7. The second-order valence-electron chi connectivity index (χ2n) is 8.07. The Hall–Kier alpha value is -4.20. The summed E-state index contributed by atoms with van der Waals surface area (Å²) < 4.78 is 13.1. The maximum absolute atomic E-state index is 12.2. The Balaban J connectivity index is 1.64. The third kappa shape index (κ3) is 3.59. The molecule has 0 aliphatic rings. The molecule has 0 aliphatic heterocycles. The molecular formula is C25H23N5O3. The number of hydrogen-bond donors (Lipinski definition) is 1. The van der Waals surface area contributed by atoms with Crippen molar-refractivity contribution in [1.29, 1.82) is 0 Å². The van der Waals surface area contributed by atoms with Gasteiger partial charge in [0, 0.05) is 35.4 Å². The fourth-order valence-electron chi connectivity index (χ4n) is 4.14. The van der Waals surface area contributed by atoms with Gasteiger partial charge in [0.15, 0.2) is 5.58 Å². The molecule has 3 aromatic heterocycles. The van der Waals surface area contributed by atoms with Crippen molar-refractivity contribution in [3.63, 3.8) is 0 Å². The molecule has 33 heavy (non-hydrogen) atoms.